The highest BCUT2D eigenvalue weighted by Gasteiger charge is 2.16. The van der Waals surface area contributed by atoms with E-state index >= 15 is 0 Å². The summed E-state index contributed by atoms with van der Waals surface area (Å²) in [5, 5.41) is 0. The molecule has 0 aliphatic rings. The lowest BCUT2D eigenvalue weighted by Gasteiger charge is -2.06. The average Bonchev–Trinajstić information content (AvgIpc) is 2.43. The molecule has 0 aromatic carbocycles. The molecule has 0 aromatic rings. The van der Waals surface area contributed by atoms with Gasteiger partial charge in [-0.3, -0.25) is 4.57 Å². The van der Waals surface area contributed by atoms with Crippen LogP contribution in [-0.2, 0) is 9.19 Å². The van der Waals surface area contributed by atoms with Gasteiger partial charge >= 0.3 is 7.60 Å². The van der Waals surface area contributed by atoms with Crippen LogP contribution in [-0.4, -0.2) is 11.1 Å². The topological polar surface area (TPSA) is 72.5 Å². The monoisotopic (exact) mass is 329 g/mol. The molecule has 5 heteroatoms. The second-order valence-electron chi connectivity index (χ2n) is 6.07. The highest BCUT2D eigenvalue weighted by atomic mass is 31.2. The van der Waals surface area contributed by atoms with Crippen molar-refractivity contribution < 1.29 is 14.1 Å². The summed E-state index contributed by atoms with van der Waals surface area (Å²) in [7, 11) is -3.55. The molecular formula is C17H32NO3P. The Morgan fingerprint density at radius 1 is 1.00 bits per heavy atom. The van der Waals surface area contributed by atoms with Gasteiger partial charge in [-0.25, -0.2) is 10.5 Å². The van der Waals surface area contributed by atoms with Crippen molar-refractivity contribution in [1.29, 1.82) is 0 Å². The van der Waals surface area contributed by atoms with E-state index in [-0.39, 0.29) is 6.16 Å². The van der Waals surface area contributed by atoms with Crippen molar-refractivity contribution in [2.24, 2.45) is 5.90 Å². The van der Waals surface area contributed by atoms with E-state index in [4.69, 9.17) is 5.90 Å². The first-order valence-corrected chi connectivity index (χ1v) is 9.68. The van der Waals surface area contributed by atoms with Crippen molar-refractivity contribution in [2.75, 3.05) is 6.16 Å². The molecule has 128 valence electrons. The van der Waals surface area contributed by atoms with Gasteiger partial charge in [0.05, 0.1) is 6.16 Å². The summed E-state index contributed by atoms with van der Waals surface area (Å²) >= 11 is 0. The summed E-state index contributed by atoms with van der Waals surface area (Å²) in [6.07, 6.45) is 12.5. The fourth-order valence-corrected chi connectivity index (χ4v) is 2.72. The normalized spacial score (nSPS) is 15.5. The van der Waals surface area contributed by atoms with Gasteiger partial charge in [0.2, 0.25) is 0 Å². The molecule has 3 N–H and O–H groups in total. The van der Waals surface area contributed by atoms with Gasteiger partial charge in [-0.1, -0.05) is 34.9 Å². The van der Waals surface area contributed by atoms with Gasteiger partial charge in [0, 0.05) is 0 Å². The third kappa shape index (κ3) is 13.0. The Balaban J connectivity index is 3.92. The van der Waals surface area contributed by atoms with E-state index in [1.807, 2.05) is 0 Å². The van der Waals surface area contributed by atoms with Crippen molar-refractivity contribution in [2.45, 2.75) is 66.2 Å². The lowest BCUT2D eigenvalue weighted by atomic mass is 10.1. The van der Waals surface area contributed by atoms with Crippen molar-refractivity contribution in [3.63, 3.8) is 0 Å². The van der Waals surface area contributed by atoms with E-state index in [1.54, 1.807) is 0 Å². The van der Waals surface area contributed by atoms with Crippen LogP contribution in [0.1, 0.15) is 66.2 Å². The van der Waals surface area contributed by atoms with Gasteiger partial charge in [0.25, 0.3) is 0 Å². The molecule has 0 aliphatic carbocycles. The van der Waals surface area contributed by atoms with Crippen molar-refractivity contribution >= 4 is 7.60 Å². The fourth-order valence-electron chi connectivity index (χ4n) is 2.03. The number of hydrogen-bond donors (Lipinski definition) is 2. The molecule has 1 atom stereocenters. The van der Waals surface area contributed by atoms with Gasteiger partial charge in [0.15, 0.2) is 0 Å². The Labute approximate surface area is 135 Å². The maximum absolute atomic E-state index is 11.2. The summed E-state index contributed by atoms with van der Waals surface area (Å²) < 4.78 is 15.2. The number of allylic oxidation sites excluding steroid dienone is 6. The van der Waals surface area contributed by atoms with Gasteiger partial charge in [0.1, 0.15) is 0 Å². The van der Waals surface area contributed by atoms with E-state index < -0.39 is 7.60 Å². The predicted molar refractivity (Wildman–Crippen MR) is 94.6 cm³/mol. The molecule has 0 amide bonds. The molecule has 0 spiro atoms. The minimum Gasteiger partial charge on any atom is -0.323 e. The lowest BCUT2D eigenvalue weighted by molar-refractivity contribution is 0.267. The maximum Gasteiger partial charge on any atom is 0.344 e. The molecule has 4 nitrogen and oxygen atoms in total. The van der Waals surface area contributed by atoms with Crippen molar-refractivity contribution in [3.05, 3.63) is 34.9 Å². The zero-order chi connectivity index (χ0) is 17.0. The molecule has 1 unspecified atom stereocenters. The predicted octanol–water partition coefficient (Wildman–Crippen LogP) is 5.26. The molecule has 0 radical (unpaired) electrons. The van der Waals surface area contributed by atoms with Crippen LogP contribution in [0.25, 0.3) is 0 Å². The molecule has 0 saturated carbocycles. The van der Waals surface area contributed by atoms with E-state index in [9.17, 15) is 9.46 Å². The quantitative estimate of drug-likeness (QED) is 0.235. The number of unbranched alkanes of at least 4 members (excludes halogenated alkanes) is 1. The molecule has 0 bridgehead atoms. The van der Waals surface area contributed by atoms with Crippen LogP contribution < -0.4 is 5.90 Å². The minimum atomic E-state index is -3.55. The van der Waals surface area contributed by atoms with E-state index in [1.165, 1.54) is 16.7 Å². The third-order valence-corrected chi connectivity index (χ3v) is 4.64. The summed E-state index contributed by atoms with van der Waals surface area (Å²) in [4.78, 5) is 9.17. The summed E-state index contributed by atoms with van der Waals surface area (Å²) in [5.41, 5.74) is 4.13. The largest absolute Gasteiger partial charge is 0.344 e. The first-order chi connectivity index (χ1) is 10.3. The number of nitrogens with two attached hydrogens (primary N) is 1. The van der Waals surface area contributed by atoms with Crippen LogP contribution >= 0.6 is 7.60 Å². The Morgan fingerprint density at radius 2 is 1.50 bits per heavy atom. The lowest BCUT2D eigenvalue weighted by Crippen LogP contribution is -1.99. The van der Waals surface area contributed by atoms with Crippen LogP contribution in [0.3, 0.4) is 0 Å². The number of rotatable bonds is 11. The maximum atomic E-state index is 11.2. The molecule has 0 fully saturated rings. The van der Waals surface area contributed by atoms with E-state index in [0.717, 1.165) is 32.1 Å². The van der Waals surface area contributed by atoms with Crippen molar-refractivity contribution in [3.8, 4) is 0 Å². The Hall–Kier alpha value is -0.670. The highest BCUT2D eigenvalue weighted by Crippen LogP contribution is 2.40. The van der Waals surface area contributed by atoms with Gasteiger partial charge in [-0.15, -0.1) is 0 Å². The Morgan fingerprint density at radius 3 is 2.00 bits per heavy atom. The van der Waals surface area contributed by atoms with Crippen LogP contribution in [0.4, 0.5) is 0 Å². The zero-order valence-corrected chi connectivity index (χ0v) is 15.4. The molecule has 22 heavy (non-hydrogen) atoms. The highest BCUT2D eigenvalue weighted by molar-refractivity contribution is 7.52. The third-order valence-electron chi connectivity index (χ3n) is 3.43. The zero-order valence-electron chi connectivity index (χ0n) is 14.5. The molecular weight excluding hydrogens is 297 g/mol. The van der Waals surface area contributed by atoms with Gasteiger partial charge in [-0.2, -0.15) is 0 Å². The molecule has 0 aromatic heterocycles. The summed E-state index contributed by atoms with van der Waals surface area (Å²) in [6.45, 7) is 8.54. The second-order valence-corrected chi connectivity index (χ2v) is 8.00. The van der Waals surface area contributed by atoms with Crippen molar-refractivity contribution in [1.82, 2.24) is 0 Å². The minimum absolute atomic E-state index is 0.108. The SMILES string of the molecule is CC(C)=CCCC(C)=CCCC(C)=CCCCP(=O)(O)ON. The van der Waals surface area contributed by atoms with Crippen LogP contribution in [0.15, 0.2) is 34.9 Å². The van der Waals surface area contributed by atoms with Crippen LogP contribution in [0, 0.1) is 0 Å². The van der Waals surface area contributed by atoms with Gasteiger partial charge in [-0.05, 0) is 66.2 Å². The average molecular weight is 329 g/mol. The van der Waals surface area contributed by atoms with Gasteiger partial charge < -0.3 is 4.89 Å². The Kier molecular flexibility index (Phi) is 11.5. The second kappa shape index (κ2) is 11.8. The Bertz CT molecular complexity index is 449. The van der Waals surface area contributed by atoms with Crippen LogP contribution in [0.2, 0.25) is 0 Å². The fraction of sp³-hybridized carbons (Fsp3) is 0.647. The first-order valence-electron chi connectivity index (χ1n) is 7.91. The summed E-state index contributed by atoms with van der Waals surface area (Å²) in [5.74, 6) is 4.75. The molecule has 0 saturated heterocycles. The smallest absolute Gasteiger partial charge is 0.323 e. The molecule has 0 aliphatic heterocycles. The molecule has 0 heterocycles. The van der Waals surface area contributed by atoms with Crippen LogP contribution in [0.5, 0.6) is 0 Å². The van der Waals surface area contributed by atoms with E-state index in [0.29, 0.717) is 6.42 Å². The van der Waals surface area contributed by atoms with E-state index in [2.05, 4.69) is 50.5 Å². The molecule has 0 rings (SSSR count). The standard InChI is InChI=1S/C17H32NO3P/c1-15(2)9-7-11-17(4)13-8-12-16(3)10-5-6-14-22(19,20)21-18/h9-10,13H,5-8,11-12,14,18H2,1-4H3,(H,19,20). The first kappa shape index (κ1) is 21.3. The number of hydrogen-bond acceptors (Lipinski definition) is 3. The summed E-state index contributed by atoms with van der Waals surface area (Å²) in [6, 6.07) is 0.